The maximum absolute atomic E-state index is 12.1. The van der Waals surface area contributed by atoms with E-state index in [1.165, 1.54) is 21.6 Å². The fourth-order valence-electron chi connectivity index (χ4n) is 3.72. The number of carbonyl (C=O) groups is 1. The number of ether oxygens (including phenoxy) is 2. The van der Waals surface area contributed by atoms with Crippen LogP contribution in [0.15, 0.2) is 35.2 Å². The molecule has 0 amide bonds. The van der Waals surface area contributed by atoms with E-state index in [9.17, 15) is 4.79 Å². The molecule has 0 unspecified atom stereocenters. The summed E-state index contributed by atoms with van der Waals surface area (Å²) >= 11 is 1.79. The first kappa shape index (κ1) is 18.3. The summed E-state index contributed by atoms with van der Waals surface area (Å²) in [5.74, 6) is 0.740. The fourth-order valence-corrected chi connectivity index (χ4v) is 4.74. The highest BCUT2D eigenvalue weighted by Gasteiger charge is 2.25. The van der Waals surface area contributed by atoms with E-state index in [4.69, 9.17) is 9.47 Å². The van der Waals surface area contributed by atoms with Crippen LogP contribution in [0.2, 0.25) is 0 Å². The molecule has 142 valence electrons. The Bertz CT molecular complexity index is 860. The lowest BCUT2D eigenvalue weighted by molar-refractivity contribution is -0.142. The van der Waals surface area contributed by atoms with Crippen LogP contribution in [-0.4, -0.2) is 25.7 Å². The molecule has 0 spiro atoms. The van der Waals surface area contributed by atoms with Crippen LogP contribution in [0.5, 0.6) is 5.75 Å². The number of esters is 1. The van der Waals surface area contributed by atoms with Gasteiger partial charge in [0, 0.05) is 21.6 Å². The predicted molar refractivity (Wildman–Crippen MR) is 108 cm³/mol. The van der Waals surface area contributed by atoms with Gasteiger partial charge < -0.3 is 14.8 Å². The topological polar surface area (TPSA) is 47.6 Å². The van der Waals surface area contributed by atoms with Gasteiger partial charge >= 0.3 is 5.97 Å². The van der Waals surface area contributed by atoms with Crippen LogP contribution in [-0.2, 0) is 22.6 Å². The van der Waals surface area contributed by atoms with Crippen LogP contribution < -0.4 is 10.1 Å². The smallest absolute Gasteiger partial charge is 0.310 e. The van der Waals surface area contributed by atoms with Gasteiger partial charge in [-0.25, -0.2) is 0 Å². The molecule has 2 aliphatic heterocycles. The summed E-state index contributed by atoms with van der Waals surface area (Å²) in [5.41, 5.74) is 6.15. The van der Waals surface area contributed by atoms with Crippen molar-refractivity contribution in [3.8, 4) is 5.75 Å². The van der Waals surface area contributed by atoms with E-state index >= 15 is 0 Å². The van der Waals surface area contributed by atoms with Gasteiger partial charge in [-0.1, -0.05) is 18.6 Å². The van der Waals surface area contributed by atoms with E-state index in [1.54, 1.807) is 11.3 Å². The molecule has 2 aromatic rings. The summed E-state index contributed by atoms with van der Waals surface area (Å²) in [6, 6.07) is 8.28. The number of fused-ring (bicyclic) bond motifs is 2. The van der Waals surface area contributed by atoms with Gasteiger partial charge in [0.1, 0.15) is 12.4 Å². The molecule has 27 heavy (non-hydrogen) atoms. The SMILES string of the molecule is CCCOC(=O)Cc1ccc2c(c1)C(=C1CCNCC1)c1sccc1CO2. The number of hydrogen-bond donors (Lipinski definition) is 1. The molecule has 4 nitrogen and oxygen atoms in total. The van der Waals surface area contributed by atoms with Crippen LogP contribution in [0.3, 0.4) is 0 Å². The van der Waals surface area contributed by atoms with Gasteiger partial charge in [0.2, 0.25) is 0 Å². The third kappa shape index (κ3) is 3.94. The number of carbonyl (C=O) groups excluding carboxylic acids is 1. The van der Waals surface area contributed by atoms with Crippen molar-refractivity contribution in [2.24, 2.45) is 0 Å². The Labute approximate surface area is 164 Å². The highest BCUT2D eigenvalue weighted by molar-refractivity contribution is 7.11. The highest BCUT2D eigenvalue weighted by atomic mass is 32.1. The Morgan fingerprint density at radius 1 is 1.26 bits per heavy atom. The zero-order valence-electron chi connectivity index (χ0n) is 15.7. The maximum atomic E-state index is 12.1. The number of piperidine rings is 1. The number of rotatable bonds is 4. The quantitative estimate of drug-likeness (QED) is 0.799. The van der Waals surface area contributed by atoms with Gasteiger partial charge in [-0.15, -0.1) is 11.3 Å². The second-order valence-corrected chi connectivity index (χ2v) is 7.94. The van der Waals surface area contributed by atoms with Crippen molar-refractivity contribution in [2.75, 3.05) is 19.7 Å². The van der Waals surface area contributed by atoms with E-state index in [-0.39, 0.29) is 5.97 Å². The summed E-state index contributed by atoms with van der Waals surface area (Å²) in [5, 5.41) is 5.59. The molecule has 1 fully saturated rings. The zero-order valence-corrected chi connectivity index (χ0v) is 16.5. The van der Waals surface area contributed by atoms with Crippen LogP contribution in [0, 0.1) is 0 Å². The molecule has 3 heterocycles. The zero-order chi connectivity index (χ0) is 18.6. The molecule has 0 bridgehead atoms. The van der Waals surface area contributed by atoms with Crippen molar-refractivity contribution in [1.29, 1.82) is 0 Å². The van der Waals surface area contributed by atoms with Crippen LogP contribution >= 0.6 is 11.3 Å². The second-order valence-electron chi connectivity index (χ2n) is 7.02. The number of benzene rings is 1. The summed E-state index contributed by atoms with van der Waals surface area (Å²) < 4.78 is 11.4. The minimum Gasteiger partial charge on any atom is -0.488 e. The highest BCUT2D eigenvalue weighted by Crippen LogP contribution is 2.43. The average Bonchev–Trinajstić information content (AvgIpc) is 3.09. The van der Waals surface area contributed by atoms with Crippen molar-refractivity contribution < 1.29 is 14.3 Å². The molecule has 1 N–H and O–H groups in total. The Morgan fingerprint density at radius 2 is 2.11 bits per heavy atom. The van der Waals surface area contributed by atoms with E-state index in [1.807, 2.05) is 19.1 Å². The summed E-state index contributed by atoms with van der Waals surface area (Å²) in [7, 11) is 0. The lowest BCUT2D eigenvalue weighted by Gasteiger charge is -2.21. The standard InChI is InChI=1S/C22H25NO3S/c1-2-10-25-20(24)13-15-3-4-19-18(12-15)21(16-5-8-23-9-6-16)22-17(14-26-19)7-11-27-22/h3-4,7,11-12,23H,2,5-6,8-10,13-14H2,1H3. The molecule has 0 saturated carbocycles. The van der Waals surface area contributed by atoms with Gasteiger partial charge in [-0.05, 0) is 61.5 Å². The Hall–Kier alpha value is -2.11. The normalized spacial score (nSPS) is 16.2. The molecule has 0 atom stereocenters. The molecular formula is C22H25NO3S. The summed E-state index contributed by atoms with van der Waals surface area (Å²) in [6.07, 6.45) is 3.24. The van der Waals surface area contributed by atoms with Crippen molar-refractivity contribution in [1.82, 2.24) is 5.32 Å². The molecular weight excluding hydrogens is 358 g/mol. The van der Waals surface area contributed by atoms with Gasteiger partial charge in [0.05, 0.1) is 13.0 Å². The van der Waals surface area contributed by atoms with E-state index < -0.39 is 0 Å². The third-order valence-electron chi connectivity index (χ3n) is 5.05. The van der Waals surface area contributed by atoms with Gasteiger partial charge in [-0.2, -0.15) is 0 Å². The largest absolute Gasteiger partial charge is 0.488 e. The van der Waals surface area contributed by atoms with Gasteiger partial charge in [0.15, 0.2) is 0 Å². The molecule has 5 heteroatoms. The van der Waals surface area contributed by atoms with Crippen molar-refractivity contribution in [3.05, 3.63) is 56.8 Å². The first-order valence-corrected chi connectivity index (χ1v) is 10.6. The molecule has 1 aromatic heterocycles. The van der Waals surface area contributed by atoms with Crippen LogP contribution in [0.25, 0.3) is 5.57 Å². The first-order valence-electron chi connectivity index (χ1n) is 9.67. The monoisotopic (exact) mass is 383 g/mol. The van der Waals surface area contributed by atoms with E-state index in [0.29, 0.717) is 19.6 Å². The molecule has 4 rings (SSSR count). The molecule has 0 aliphatic carbocycles. The van der Waals surface area contributed by atoms with Crippen LogP contribution in [0.4, 0.5) is 0 Å². The number of nitrogens with one attached hydrogen (secondary N) is 1. The average molecular weight is 384 g/mol. The Balaban J connectivity index is 1.74. The number of hydrogen-bond acceptors (Lipinski definition) is 5. The summed E-state index contributed by atoms with van der Waals surface area (Å²) in [4.78, 5) is 13.4. The lowest BCUT2D eigenvalue weighted by Crippen LogP contribution is -2.23. The predicted octanol–water partition coefficient (Wildman–Crippen LogP) is 4.32. The number of thiophene rings is 1. The van der Waals surface area contributed by atoms with Crippen LogP contribution in [0.1, 0.15) is 47.8 Å². The Morgan fingerprint density at radius 3 is 2.93 bits per heavy atom. The lowest BCUT2D eigenvalue weighted by atomic mass is 9.90. The minimum atomic E-state index is -0.167. The maximum Gasteiger partial charge on any atom is 0.310 e. The van der Waals surface area contributed by atoms with Crippen molar-refractivity contribution in [2.45, 2.75) is 39.2 Å². The molecule has 0 radical (unpaired) electrons. The fraction of sp³-hybridized carbons (Fsp3) is 0.409. The van der Waals surface area contributed by atoms with E-state index in [2.05, 4.69) is 22.8 Å². The third-order valence-corrected chi connectivity index (χ3v) is 6.02. The minimum absolute atomic E-state index is 0.167. The molecule has 2 aliphatic rings. The van der Waals surface area contributed by atoms with E-state index in [0.717, 1.165) is 49.2 Å². The van der Waals surface area contributed by atoms with Crippen molar-refractivity contribution >= 4 is 22.9 Å². The van der Waals surface area contributed by atoms with Gasteiger partial charge in [0.25, 0.3) is 0 Å². The molecule has 1 saturated heterocycles. The molecule has 1 aromatic carbocycles. The van der Waals surface area contributed by atoms with Crippen molar-refractivity contribution in [3.63, 3.8) is 0 Å². The van der Waals surface area contributed by atoms with Gasteiger partial charge in [-0.3, -0.25) is 4.79 Å². The second kappa shape index (κ2) is 8.28. The summed E-state index contributed by atoms with van der Waals surface area (Å²) in [6.45, 7) is 5.10. The first-order chi connectivity index (χ1) is 13.3. The Kier molecular flexibility index (Phi) is 5.60.